The van der Waals surface area contributed by atoms with Gasteiger partial charge in [0.25, 0.3) is 0 Å². The highest BCUT2D eigenvalue weighted by Crippen LogP contribution is 2.36. The van der Waals surface area contributed by atoms with E-state index in [4.69, 9.17) is 9.57 Å². The van der Waals surface area contributed by atoms with Gasteiger partial charge in [0.1, 0.15) is 17.6 Å². The van der Waals surface area contributed by atoms with Crippen LogP contribution in [0.3, 0.4) is 0 Å². The smallest absolute Gasteiger partial charge is 0.221 e. The third kappa shape index (κ3) is 4.62. The Balaban J connectivity index is 1.54. The molecule has 2 aliphatic heterocycles. The summed E-state index contributed by atoms with van der Waals surface area (Å²) in [5.41, 5.74) is 1.97. The molecular formula is C21H26N2O4S2. The van der Waals surface area contributed by atoms with E-state index in [0.29, 0.717) is 19.7 Å². The van der Waals surface area contributed by atoms with Crippen LogP contribution in [0.15, 0.2) is 54.6 Å². The molecule has 2 saturated heterocycles. The maximum atomic E-state index is 13.3. The van der Waals surface area contributed by atoms with Gasteiger partial charge in [-0.1, -0.05) is 42.5 Å². The molecule has 0 amide bonds. The lowest BCUT2D eigenvalue weighted by molar-refractivity contribution is -0.110. The summed E-state index contributed by atoms with van der Waals surface area (Å²) in [4.78, 5) is 5.66. The number of hydrogen-bond acceptors (Lipinski definition) is 6. The first-order valence-corrected chi connectivity index (χ1v) is 12.4. The first-order valence-electron chi connectivity index (χ1n) is 9.75. The zero-order valence-electron chi connectivity index (χ0n) is 16.4. The Kier molecular flexibility index (Phi) is 6.46. The molecular weight excluding hydrogens is 408 g/mol. The van der Waals surface area contributed by atoms with E-state index >= 15 is 0 Å². The molecule has 4 rings (SSSR count). The molecule has 0 aromatic heterocycles. The van der Waals surface area contributed by atoms with Crippen LogP contribution >= 0.6 is 11.8 Å². The largest absolute Gasteiger partial charge is 0.489 e. The molecule has 29 heavy (non-hydrogen) atoms. The van der Waals surface area contributed by atoms with E-state index in [9.17, 15) is 8.42 Å². The number of benzene rings is 2. The average Bonchev–Trinajstić information content (AvgIpc) is 3.16. The van der Waals surface area contributed by atoms with E-state index in [1.807, 2.05) is 54.6 Å². The first-order chi connectivity index (χ1) is 14.1. The highest BCUT2D eigenvalue weighted by molar-refractivity contribution is 7.99. The molecule has 0 spiro atoms. The summed E-state index contributed by atoms with van der Waals surface area (Å²) in [6, 6.07) is 17.3. The van der Waals surface area contributed by atoms with Gasteiger partial charge in [0.05, 0.1) is 12.6 Å². The van der Waals surface area contributed by atoms with Gasteiger partial charge < -0.3 is 4.74 Å². The van der Waals surface area contributed by atoms with Crippen molar-refractivity contribution >= 4 is 21.8 Å². The molecule has 0 aliphatic carbocycles. The number of thioether (sulfide) groups is 1. The predicted octanol–water partition coefficient (Wildman–Crippen LogP) is 2.93. The van der Waals surface area contributed by atoms with Gasteiger partial charge in [-0.2, -0.15) is 21.1 Å². The second-order valence-electron chi connectivity index (χ2n) is 7.23. The zero-order chi connectivity index (χ0) is 20.3. The highest BCUT2D eigenvalue weighted by Gasteiger charge is 2.46. The van der Waals surface area contributed by atoms with Gasteiger partial charge in [0.15, 0.2) is 0 Å². The second-order valence-corrected chi connectivity index (χ2v) is 10.6. The fourth-order valence-electron chi connectivity index (χ4n) is 3.79. The molecule has 8 heteroatoms. The molecule has 0 saturated carbocycles. The topological polar surface area (TPSA) is 59.1 Å². The van der Waals surface area contributed by atoms with Crippen LogP contribution in [-0.4, -0.2) is 61.3 Å². The van der Waals surface area contributed by atoms with Crippen molar-refractivity contribution in [2.24, 2.45) is 0 Å². The maximum absolute atomic E-state index is 13.3. The fraction of sp³-hybridized carbons (Fsp3) is 0.429. The van der Waals surface area contributed by atoms with E-state index in [1.165, 1.54) is 0 Å². The van der Waals surface area contributed by atoms with Crippen molar-refractivity contribution in [2.75, 3.05) is 38.2 Å². The van der Waals surface area contributed by atoms with Crippen molar-refractivity contribution in [1.29, 1.82) is 0 Å². The molecule has 2 fully saturated rings. The van der Waals surface area contributed by atoms with Crippen molar-refractivity contribution in [3.05, 3.63) is 65.7 Å². The lowest BCUT2D eigenvalue weighted by Crippen LogP contribution is -2.45. The van der Waals surface area contributed by atoms with E-state index in [1.54, 1.807) is 28.2 Å². The zero-order valence-corrected chi connectivity index (χ0v) is 18.1. The molecule has 0 N–H and O–H groups in total. The van der Waals surface area contributed by atoms with Gasteiger partial charge in [-0.05, 0) is 23.3 Å². The summed E-state index contributed by atoms with van der Waals surface area (Å²) in [7, 11) is -1.65. The lowest BCUT2D eigenvalue weighted by Gasteiger charge is -2.31. The molecule has 2 aliphatic rings. The quantitative estimate of drug-likeness (QED) is 0.697. The maximum Gasteiger partial charge on any atom is 0.221 e. The highest BCUT2D eigenvalue weighted by atomic mass is 32.2. The van der Waals surface area contributed by atoms with Crippen LogP contribution in [-0.2, 0) is 21.5 Å². The Labute approximate surface area is 176 Å². The van der Waals surface area contributed by atoms with E-state index in [-0.39, 0.29) is 12.6 Å². The SMILES string of the molecule is CN1OC[C@@H](S(=O)(=O)N2CCSCC2)[C@@H]1c1cccc(OCc2ccccc2)c1. The van der Waals surface area contributed by atoms with Crippen molar-refractivity contribution in [3.8, 4) is 5.75 Å². The van der Waals surface area contributed by atoms with Crippen molar-refractivity contribution < 1.29 is 18.0 Å². The lowest BCUT2D eigenvalue weighted by atomic mass is 10.0. The monoisotopic (exact) mass is 434 g/mol. The standard InChI is InChI=1S/C21H26N2O4S2/c1-22-21(20(16-27-22)29(24,25)23-10-12-28-13-11-23)18-8-5-9-19(14-18)26-15-17-6-3-2-4-7-17/h2-9,14,20-21H,10-13,15-16H2,1H3/t20-,21+/m1/s1. The Morgan fingerprint density at radius 3 is 2.62 bits per heavy atom. The third-order valence-electron chi connectivity index (χ3n) is 5.35. The number of ether oxygens (including phenoxy) is 1. The Morgan fingerprint density at radius 2 is 1.86 bits per heavy atom. The molecule has 2 aromatic rings. The number of nitrogens with zero attached hydrogens (tertiary/aromatic N) is 2. The summed E-state index contributed by atoms with van der Waals surface area (Å²) < 4.78 is 34.2. The normalized spacial score (nSPS) is 23.9. The van der Waals surface area contributed by atoms with E-state index in [2.05, 4.69) is 0 Å². The second kappa shape index (κ2) is 9.06. The van der Waals surface area contributed by atoms with E-state index in [0.717, 1.165) is 28.4 Å². The van der Waals surface area contributed by atoms with Crippen LogP contribution in [0, 0.1) is 0 Å². The van der Waals surface area contributed by atoms with Gasteiger partial charge in [0.2, 0.25) is 10.0 Å². The summed E-state index contributed by atoms with van der Waals surface area (Å²) in [5.74, 6) is 2.41. The Hall–Kier alpha value is -1.58. The minimum atomic E-state index is -3.45. The Bertz CT molecular complexity index is 917. The third-order valence-corrected chi connectivity index (χ3v) is 8.53. The number of hydrogen-bond donors (Lipinski definition) is 0. The van der Waals surface area contributed by atoms with Crippen LogP contribution in [0.25, 0.3) is 0 Å². The molecule has 2 aromatic carbocycles. The minimum Gasteiger partial charge on any atom is -0.489 e. The molecule has 2 heterocycles. The molecule has 0 radical (unpaired) electrons. The summed E-state index contributed by atoms with van der Waals surface area (Å²) in [5, 5.41) is 1.04. The predicted molar refractivity (Wildman–Crippen MR) is 115 cm³/mol. The van der Waals surface area contributed by atoms with Crippen LogP contribution in [0.5, 0.6) is 5.75 Å². The van der Waals surface area contributed by atoms with Crippen molar-refractivity contribution in [3.63, 3.8) is 0 Å². The minimum absolute atomic E-state index is 0.169. The van der Waals surface area contributed by atoms with Crippen LogP contribution < -0.4 is 4.74 Å². The van der Waals surface area contributed by atoms with E-state index < -0.39 is 15.3 Å². The molecule has 156 valence electrons. The summed E-state index contributed by atoms with van der Waals surface area (Å²) in [6.45, 7) is 1.77. The van der Waals surface area contributed by atoms with Crippen LogP contribution in [0.1, 0.15) is 17.2 Å². The van der Waals surface area contributed by atoms with Crippen LogP contribution in [0.4, 0.5) is 0 Å². The van der Waals surface area contributed by atoms with Crippen molar-refractivity contribution in [1.82, 2.24) is 9.37 Å². The van der Waals surface area contributed by atoms with Gasteiger partial charge in [-0.3, -0.25) is 4.84 Å². The summed E-state index contributed by atoms with van der Waals surface area (Å²) in [6.07, 6.45) is 0. The van der Waals surface area contributed by atoms with Crippen LogP contribution in [0.2, 0.25) is 0 Å². The van der Waals surface area contributed by atoms with Gasteiger partial charge in [-0.15, -0.1) is 0 Å². The van der Waals surface area contributed by atoms with Gasteiger partial charge >= 0.3 is 0 Å². The molecule has 0 unspecified atom stereocenters. The Morgan fingerprint density at radius 1 is 1.10 bits per heavy atom. The first kappa shape index (κ1) is 20.7. The number of sulfonamides is 1. The molecule has 0 bridgehead atoms. The van der Waals surface area contributed by atoms with Gasteiger partial charge in [-0.25, -0.2) is 8.42 Å². The number of rotatable bonds is 6. The summed E-state index contributed by atoms with van der Waals surface area (Å²) >= 11 is 1.80. The molecule has 6 nitrogen and oxygen atoms in total. The van der Waals surface area contributed by atoms with Gasteiger partial charge in [0, 0.05) is 31.6 Å². The fourth-order valence-corrected chi connectivity index (χ4v) is 6.89. The average molecular weight is 435 g/mol. The van der Waals surface area contributed by atoms with Crippen molar-refractivity contribution in [2.45, 2.75) is 17.9 Å². The number of hydroxylamine groups is 2. The molecule has 2 atom stereocenters.